The summed E-state index contributed by atoms with van der Waals surface area (Å²) in [5.41, 5.74) is 1.23. The van der Waals surface area contributed by atoms with Crippen LogP contribution in [0.5, 0.6) is 0 Å². The molecule has 0 aliphatic heterocycles. The molecule has 0 bridgehead atoms. The monoisotopic (exact) mass is 248 g/mol. The SMILES string of the molecule is C[C@H](CCCCCCC=O)OCc1ccccc1. The Hall–Kier alpha value is -1.15. The minimum absolute atomic E-state index is 0.316. The van der Waals surface area contributed by atoms with E-state index in [1.165, 1.54) is 18.4 Å². The van der Waals surface area contributed by atoms with E-state index in [0.717, 1.165) is 25.5 Å². The number of unbranched alkanes of at least 4 members (excludes halogenated alkanes) is 4. The van der Waals surface area contributed by atoms with Crippen LogP contribution in [-0.2, 0) is 16.1 Å². The smallest absolute Gasteiger partial charge is 0.119 e. The number of hydrogen-bond donors (Lipinski definition) is 0. The van der Waals surface area contributed by atoms with Gasteiger partial charge in [0.15, 0.2) is 0 Å². The lowest BCUT2D eigenvalue weighted by Gasteiger charge is -2.12. The first-order valence-corrected chi connectivity index (χ1v) is 6.92. The molecule has 1 aromatic rings. The molecule has 0 aromatic heterocycles. The van der Waals surface area contributed by atoms with Gasteiger partial charge >= 0.3 is 0 Å². The standard InChI is InChI=1S/C16H24O2/c1-15(10-6-3-2-4-9-13-17)18-14-16-11-7-5-8-12-16/h5,7-8,11-13,15H,2-4,6,9-10,14H2,1H3/t15-/m1/s1. The molecule has 1 aromatic carbocycles. The normalized spacial score (nSPS) is 12.3. The number of benzene rings is 1. The van der Waals surface area contributed by atoms with Crippen molar-refractivity contribution >= 4 is 6.29 Å². The van der Waals surface area contributed by atoms with Gasteiger partial charge in [0, 0.05) is 6.42 Å². The first kappa shape index (κ1) is 14.9. The van der Waals surface area contributed by atoms with E-state index < -0.39 is 0 Å². The van der Waals surface area contributed by atoms with Crippen LogP contribution in [0.4, 0.5) is 0 Å². The Labute approximate surface area is 110 Å². The number of hydrogen-bond acceptors (Lipinski definition) is 2. The van der Waals surface area contributed by atoms with Crippen molar-refractivity contribution in [3.05, 3.63) is 35.9 Å². The third kappa shape index (κ3) is 7.23. The Balaban J connectivity index is 2.00. The fraction of sp³-hybridized carbons (Fsp3) is 0.562. The van der Waals surface area contributed by atoms with Crippen LogP contribution in [0.25, 0.3) is 0 Å². The Morgan fingerprint density at radius 3 is 2.56 bits per heavy atom. The van der Waals surface area contributed by atoms with Gasteiger partial charge in [-0.25, -0.2) is 0 Å². The third-order valence-electron chi connectivity index (χ3n) is 3.06. The number of aldehydes is 1. The summed E-state index contributed by atoms with van der Waals surface area (Å²) < 4.78 is 5.80. The molecule has 0 aliphatic rings. The molecule has 0 N–H and O–H groups in total. The molecule has 0 amide bonds. The van der Waals surface area contributed by atoms with Gasteiger partial charge < -0.3 is 9.53 Å². The lowest BCUT2D eigenvalue weighted by Crippen LogP contribution is -2.07. The molecule has 1 rings (SSSR count). The highest BCUT2D eigenvalue weighted by atomic mass is 16.5. The van der Waals surface area contributed by atoms with Crippen molar-refractivity contribution in [1.29, 1.82) is 0 Å². The van der Waals surface area contributed by atoms with Gasteiger partial charge in [0.25, 0.3) is 0 Å². The molecule has 18 heavy (non-hydrogen) atoms. The molecule has 0 radical (unpaired) electrons. The molecular weight excluding hydrogens is 224 g/mol. The summed E-state index contributed by atoms with van der Waals surface area (Å²) in [4.78, 5) is 10.1. The predicted octanol–water partition coefficient (Wildman–Crippen LogP) is 4.13. The van der Waals surface area contributed by atoms with E-state index in [1.807, 2.05) is 18.2 Å². The highest BCUT2D eigenvalue weighted by molar-refractivity contribution is 5.48. The number of ether oxygens (including phenoxy) is 1. The van der Waals surface area contributed by atoms with Gasteiger partial charge in [-0.1, -0.05) is 49.6 Å². The second kappa shape index (κ2) is 9.84. The lowest BCUT2D eigenvalue weighted by atomic mass is 10.1. The largest absolute Gasteiger partial charge is 0.374 e. The average Bonchev–Trinajstić information content (AvgIpc) is 2.41. The van der Waals surface area contributed by atoms with Crippen LogP contribution in [0.1, 0.15) is 51.0 Å². The van der Waals surface area contributed by atoms with Crippen molar-refractivity contribution in [3.8, 4) is 0 Å². The topological polar surface area (TPSA) is 26.3 Å². The van der Waals surface area contributed by atoms with Crippen molar-refractivity contribution in [2.75, 3.05) is 0 Å². The Morgan fingerprint density at radius 2 is 1.83 bits per heavy atom. The second-order valence-electron chi connectivity index (χ2n) is 4.77. The maximum Gasteiger partial charge on any atom is 0.119 e. The van der Waals surface area contributed by atoms with E-state index in [4.69, 9.17) is 4.74 Å². The van der Waals surface area contributed by atoms with Crippen molar-refractivity contribution in [2.45, 2.75) is 58.2 Å². The van der Waals surface area contributed by atoms with Gasteiger partial charge in [-0.15, -0.1) is 0 Å². The molecule has 2 heteroatoms. The number of rotatable bonds is 10. The minimum atomic E-state index is 0.316. The molecule has 0 unspecified atom stereocenters. The Morgan fingerprint density at radius 1 is 1.11 bits per heavy atom. The molecule has 0 heterocycles. The molecule has 0 aliphatic carbocycles. The van der Waals surface area contributed by atoms with Gasteiger partial charge in [0.1, 0.15) is 6.29 Å². The van der Waals surface area contributed by atoms with Crippen LogP contribution in [0, 0.1) is 0 Å². The average molecular weight is 248 g/mol. The lowest BCUT2D eigenvalue weighted by molar-refractivity contribution is -0.107. The van der Waals surface area contributed by atoms with Crippen molar-refractivity contribution in [1.82, 2.24) is 0 Å². The third-order valence-corrected chi connectivity index (χ3v) is 3.06. The van der Waals surface area contributed by atoms with E-state index in [-0.39, 0.29) is 0 Å². The molecule has 0 saturated carbocycles. The summed E-state index contributed by atoms with van der Waals surface area (Å²) >= 11 is 0. The van der Waals surface area contributed by atoms with Gasteiger partial charge in [-0.2, -0.15) is 0 Å². The number of carbonyl (C=O) groups is 1. The second-order valence-corrected chi connectivity index (χ2v) is 4.77. The summed E-state index contributed by atoms with van der Waals surface area (Å²) in [5, 5.41) is 0. The van der Waals surface area contributed by atoms with E-state index in [2.05, 4.69) is 19.1 Å². The summed E-state index contributed by atoms with van der Waals surface area (Å²) in [5.74, 6) is 0. The maximum absolute atomic E-state index is 10.1. The summed E-state index contributed by atoms with van der Waals surface area (Å²) in [7, 11) is 0. The van der Waals surface area contributed by atoms with Crippen molar-refractivity contribution in [3.63, 3.8) is 0 Å². The van der Waals surface area contributed by atoms with E-state index >= 15 is 0 Å². The van der Waals surface area contributed by atoms with E-state index in [1.54, 1.807) is 0 Å². The molecule has 1 atom stereocenters. The molecule has 100 valence electrons. The first-order chi connectivity index (χ1) is 8.83. The molecule has 2 nitrogen and oxygen atoms in total. The fourth-order valence-corrected chi connectivity index (χ4v) is 1.91. The minimum Gasteiger partial charge on any atom is -0.374 e. The molecule has 0 spiro atoms. The zero-order valence-corrected chi connectivity index (χ0v) is 11.3. The molecule has 0 fully saturated rings. The van der Waals surface area contributed by atoms with Crippen LogP contribution in [0.2, 0.25) is 0 Å². The predicted molar refractivity (Wildman–Crippen MR) is 74.5 cm³/mol. The van der Waals surface area contributed by atoms with E-state index in [0.29, 0.717) is 19.1 Å². The quantitative estimate of drug-likeness (QED) is 0.459. The van der Waals surface area contributed by atoms with Crippen LogP contribution in [0.3, 0.4) is 0 Å². The fourth-order valence-electron chi connectivity index (χ4n) is 1.91. The maximum atomic E-state index is 10.1. The van der Waals surface area contributed by atoms with E-state index in [9.17, 15) is 4.79 Å². The van der Waals surface area contributed by atoms with Gasteiger partial charge in [0.05, 0.1) is 12.7 Å². The summed E-state index contributed by atoms with van der Waals surface area (Å²) in [6.45, 7) is 2.83. The van der Waals surface area contributed by atoms with Gasteiger partial charge in [-0.05, 0) is 25.3 Å². The van der Waals surface area contributed by atoms with Crippen molar-refractivity contribution < 1.29 is 9.53 Å². The summed E-state index contributed by atoms with van der Waals surface area (Å²) in [6.07, 6.45) is 7.71. The first-order valence-electron chi connectivity index (χ1n) is 6.92. The van der Waals surface area contributed by atoms with Gasteiger partial charge in [0.2, 0.25) is 0 Å². The van der Waals surface area contributed by atoms with Crippen molar-refractivity contribution in [2.24, 2.45) is 0 Å². The highest BCUT2D eigenvalue weighted by Crippen LogP contribution is 2.11. The zero-order valence-electron chi connectivity index (χ0n) is 11.3. The van der Waals surface area contributed by atoms with Crippen LogP contribution in [0.15, 0.2) is 30.3 Å². The van der Waals surface area contributed by atoms with Gasteiger partial charge in [-0.3, -0.25) is 0 Å². The number of carbonyl (C=O) groups excluding carboxylic acids is 1. The van der Waals surface area contributed by atoms with Crippen LogP contribution < -0.4 is 0 Å². The molecular formula is C16H24O2. The highest BCUT2D eigenvalue weighted by Gasteiger charge is 2.02. The van der Waals surface area contributed by atoms with Crippen LogP contribution >= 0.6 is 0 Å². The Kier molecular flexibility index (Phi) is 8.15. The summed E-state index contributed by atoms with van der Waals surface area (Å²) in [6, 6.07) is 10.3. The Bertz CT molecular complexity index is 308. The molecule has 0 saturated heterocycles. The zero-order chi connectivity index (χ0) is 13.1. The van der Waals surface area contributed by atoms with Crippen LogP contribution in [-0.4, -0.2) is 12.4 Å².